The van der Waals surface area contributed by atoms with Crippen LogP contribution in [0.25, 0.3) is 0 Å². The summed E-state index contributed by atoms with van der Waals surface area (Å²) in [4.78, 5) is 2.41. The smallest absolute Gasteiger partial charge is 0.00165 e. The quantitative estimate of drug-likeness (QED) is 0.550. The molecule has 64 valence electrons. The summed E-state index contributed by atoms with van der Waals surface area (Å²) in [5.41, 5.74) is 0.550. The Morgan fingerprint density at radius 2 is 2.00 bits per heavy atom. The fraction of sp³-hybridized carbons (Fsp3) is 0.800. The van der Waals surface area contributed by atoms with Gasteiger partial charge in [0.1, 0.15) is 0 Å². The molecule has 0 aliphatic carbocycles. The zero-order chi connectivity index (χ0) is 8.32. The Bertz CT molecular complexity index is 132. The van der Waals surface area contributed by atoms with E-state index in [9.17, 15) is 0 Å². The summed E-state index contributed by atoms with van der Waals surface area (Å²) in [5.74, 6) is 0. The molecule has 0 N–H and O–H groups in total. The summed E-state index contributed by atoms with van der Waals surface area (Å²) < 4.78 is 0. The second-order valence-corrected chi connectivity index (χ2v) is 4.11. The topological polar surface area (TPSA) is 3.24 Å². The summed E-state index contributed by atoms with van der Waals surface area (Å²) >= 11 is 0. The van der Waals surface area contributed by atoms with E-state index >= 15 is 0 Å². The maximum Gasteiger partial charge on any atom is -0.00165 e. The summed E-state index contributed by atoms with van der Waals surface area (Å²) in [6.07, 6.45) is 5.90. The van der Waals surface area contributed by atoms with Gasteiger partial charge >= 0.3 is 0 Å². The number of likely N-dealkylation sites (tertiary alicyclic amines) is 1. The molecule has 1 heterocycles. The average Bonchev–Trinajstić information content (AvgIpc) is 1.97. The SMILES string of the molecule is C=CCC1(C)CCN(C)CC1. The number of nitrogens with zero attached hydrogens (tertiary/aromatic N) is 1. The average molecular weight is 153 g/mol. The van der Waals surface area contributed by atoms with Crippen LogP contribution < -0.4 is 0 Å². The lowest BCUT2D eigenvalue weighted by Crippen LogP contribution is -2.35. The van der Waals surface area contributed by atoms with Crippen LogP contribution in [-0.2, 0) is 0 Å². The highest BCUT2D eigenvalue weighted by Crippen LogP contribution is 2.33. The highest BCUT2D eigenvalue weighted by Gasteiger charge is 2.26. The summed E-state index contributed by atoms with van der Waals surface area (Å²) in [6.45, 7) is 8.69. The van der Waals surface area contributed by atoms with Crippen molar-refractivity contribution in [1.29, 1.82) is 0 Å². The fourth-order valence-electron chi connectivity index (χ4n) is 1.71. The molecule has 1 aliphatic heterocycles. The zero-order valence-corrected chi connectivity index (χ0v) is 7.77. The van der Waals surface area contributed by atoms with Gasteiger partial charge in [0.2, 0.25) is 0 Å². The van der Waals surface area contributed by atoms with E-state index in [1.165, 1.54) is 32.4 Å². The fourth-order valence-corrected chi connectivity index (χ4v) is 1.71. The number of rotatable bonds is 2. The molecule has 0 unspecified atom stereocenters. The first-order chi connectivity index (χ1) is 5.16. The lowest BCUT2D eigenvalue weighted by Gasteiger charge is -2.37. The minimum atomic E-state index is 0.550. The zero-order valence-electron chi connectivity index (χ0n) is 7.77. The first-order valence-corrected chi connectivity index (χ1v) is 4.46. The van der Waals surface area contributed by atoms with Crippen LogP contribution >= 0.6 is 0 Å². The Hall–Kier alpha value is -0.300. The lowest BCUT2D eigenvalue weighted by atomic mass is 9.78. The molecular formula is C10H19N. The Labute approximate surface area is 70.1 Å². The van der Waals surface area contributed by atoms with Crippen LogP contribution in [0.2, 0.25) is 0 Å². The molecule has 1 aliphatic rings. The maximum atomic E-state index is 3.81. The maximum absolute atomic E-state index is 3.81. The molecule has 1 heteroatoms. The molecule has 0 atom stereocenters. The van der Waals surface area contributed by atoms with Crippen molar-refractivity contribution in [1.82, 2.24) is 4.90 Å². The molecule has 0 saturated carbocycles. The summed E-state index contributed by atoms with van der Waals surface area (Å²) in [5, 5.41) is 0. The van der Waals surface area contributed by atoms with E-state index in [1.807, 2.05) is 0 Å². The van der Waals surface area contributed by atoms with Gasteiger partial charge in [-0.15, -0.1) is 6.58 Å². The van der Waals surface area contributed by atoms with Gasteiger partial charge in [0.15, 0.2) is 0 Å². The van der Waals surface area contributed by atoms with E-state index in [0.29, 0.717) is 5.41 Å². The highest BCUT2D eigenvalue weighted by molar-refractivity contribution is 4.87. The van der Waals surface area contributed by atoms with E-state index in [-0.39, 0.29) is 0 Å². The molecule has 0 aromatic rings. The monoisotopic (exact) mass is 153 g/mol. The van der Waals surface area contributed by atoms with Gasteiger partial charge in [-0.05, 0) is 44.8 Å². The first kappa shape index (κ1) is 8.79. The molecule has 0 spiro atoms. The van der Waals surface area contributed by atoms with Gasteiger partial charge in [-0.25, -0.2) is 0 Å². The molecule has 0 aromatic heterocycles. The third-order valence-electron chi connectivity index (χ3n) is 2.83. The van der Waals surface area contributed by atoms with Crippen LogP contribution in [0.3, 0.4) is 0 Å². The summed E-state index contributed by atoms with van der Waals surface area (Å²) in [6, 6.07) is 0. The third-order valence-corrected chi connectivity index (χ3v) is 2.83. The second kappa shape index (κ2) is 3.40. The normalized spacial score (nSPS) is 24.9. The first-order valence-electron chi connectivity index (χ1n) is 4.46. The summed E-state index contributed by atoms with van der Waals surface area (Å²) in [7, 11) is 2.20. The standard InChI is InChI=1S/C10H19N/c1-4-5-10(2)6-8-11(3)9-7-10/h4H,1,5-9H2,2-3H3. The van der Waals surface area contributed by atoms with Crippen LogP contribution in [0, 0.1) is 5.41 Å². The van der Waals surface area contributed by atoms with E-state index in [0.717, 1.165) is 0 Å². The third kappa shape index (κ3) is 2.33. The molecule has 1 nitrogen and oxygen atoms in total. The van der Waals surface area contributed by atoms with Crippen LogP contribution in [0.5, 0.6) is 0 Å². The Morgan fingerprint density at radius 3 is 2.45 bits per heavy atom. The Balaban J connectivity index is 2.41. The molecular weight excluding hydrogens is 134 g/mol. The van der Waals surface area contributed by atoms with Crippen molar-refractivity contribution in [2.75, 3.05) is 20.1 Å². The van der Waals surface area contributed by atoms with Gasteiger partial charge in [0.25, 0.3) is 0 Å². The molecule has 0 bridgehead atoms. The van der Waals surface area contributed by atoms with Crippen molar-refractivity contribution < 1.29 is 0 Å². The van der Waals surface area contributed by atoms with Crippen molar-refractivity contribution in [3.8, 4) is 0 Å². The van der Waals surface area contributed by atoms with Crippen molar-refractivity contribution in [2.45, 2.75) is 26.2 Å². The minimum Gasteiger partial charge on any atom is -0.306 e. The number of allylic oxidation sites excluding steroid dienone is 1. The van der Waals surface area contributed by atoms with Gasteiger partial charge < -0.3 is 4.90 Å². The van der Waals surface area contributed by atoms with Gasteiger partial charge in [-0.1, -0.05) is 13.0 Å². The van der Waals surface area contributed by atoms with Gasteiger partial charge in [-0.2, -0.15) is 0 Å². The van der Waals surface area contributed by atoms with E-state index in [1.54, 1.807) is 0 Å². The Kier molecular flexibility index (Phi) is 2.72. The predicted octanol–water partition coefficient (Wildman–Crippen LogP) is 2.29. The van der Waals surface area contributed by atoms with Crippen molar-refractivity contribution in [3.05, 3.63) is 12.7 Å². The lowest BCUT2D eigenvalue weighted by molar-refractivity contribution is 0.142. The van der Waals surface area contributed by atoms with Crippen molar-refractivity contribution in [2.24, 2.45) is 5.41 Å². The van der Waals surface area contributed by atoms with Crippen molar-refractivity contribution >= 4 is 0 Å². The van der Waals surface area contributed by atoms with E-state index in [2.05, 4.69) is 31.5 Å². The molecule has 11 heavy (non-hydrogen) atoms. The van der Waals surface area contributed by atoms with E-state index < -0.39 is 0 Å². The largest absolute Gasteiger partial charge is 0.306 e. The van der Waals surface area contributed by atoms with Gasteiger partial charge in [0.05, 0.1) is 0 Å². The molecule has 0 amide bonds. The van der Waals surface area contributed by atoms with Crippen LogP contribution in [-0.4, -0.2) is 25.0 Å². The van der Waals surface area contributed by atoms with Crippen LogP contribution in [0.1, 0.15) is 26.2 Å². The van der Waals surface area contributed by atoms with Gasteiger partial charge in [-0.3, -0.25) is 0 Å². The predicted molar refractivity (Wildman–Crippen MR) is 49.7 cm³/mol. The molecule has 1 fully saturated rings. The molecule has 1 saturated heterocycles. The Morgan fingerprint density at radius 1 is 1.45 bits per heavy atom. The van der Waals surface area contributed by atoms with Crippen molar-refractivity contribution in [3.63, 3.8) is 0 Å². The van der Waals surface area contributed by atoms with Crippen LogP contribution in [0.15, 0.2) is 12.7 Å². The number of hydrogen-bond donors (Lipinski definition) is 0. The second-order valence-electron chi connectivity index (χ2n) is 4.11. The van der Waals surface area contributed by atoms with E-state index in [4.69, 9.17) is 0 Å². The number of hydrogen-bond acceptors (Lipinski definition) is 1. The minimum absolute atomic E-state index is 0.550. The molecule has 1 rings (SSSR count). The number of piperidine rings is 1. The van der Waals surface area contributed by atoms with Gasteiger partial charge in [0, 0.05) is 0 Å². The molecule has 0 aromatic carbocycles. The molecule has 0 radical (unpaired) electrons. The van der Waals surface area contributed by atoms with Crippen LogP contribution in [0.4, 0.5) is 0 Å². The highest BCUT2D eigenvalue weighted by atomic mass is 15.1.